The lowest BCUT2D eigenvalue weighted by Gasteiger charge is -2.23. The van der Waals surface area contributed by atoms with Gasteiger partial charge >= 0.3 is 12.1 Å². The van der Waals surface area contributed by atoms with Crippen molar-refractivity contribution < 1.29 is 31.5 Å². The van der Waals surface area contributed by atoms with Crippen molar-refractivity contribution in [1.29, 1.82) is 0 Å². The Hall–Kier alpha value is -0.830. The number of hydrogen-bond acceptors (Lipinski definition) is 3. The lowest BCUT2D eigenvalue weighted by atomic mass is 10.5. The van der Waals surface area contributed by atoms with Gasteiger partial charge in [-0.3, -0.25) is 4.79 Å². The highest BCUT2D eigenvalue weighted by Crippen LogP contribution is 2.20. The summed E-state index contributed by atoms with van der Waals surface area (Å²) in [4.78, 5) is 10.4. The number of halogens is 3. The fourth-order valence-electron chi connectivity index (χ4n) is 0.933. The van der Waals surface area contributed by atoms with Crippen LogP contribution in [0.2, 0.25) is 0 Å². The second-order valence-corrected chi connectivity index (χ2v) is 5.32. The Morgan fingerprint density at radius 1 is 1.44 bits per heavy atom. The highest BCUT2D eigenvalue weighted by molar-refractivity contribution is 7.90. The fraction of sp³-hybridized carbons (Fsp3) is 0.857. The molecule has 0 saturated carbocycles. The molecule has 0 radical (unpaired) electrons. The molecule has 0 spiro atoms. The monoisotopic (exact) mass is 263 g/mol. The third-order valence-electron chi connectivity index (χ3n) is 1.86. The second kappa shape index (κ2) is 5.00. The van der Waals surface area contributed by atoms with Gasteiger partial charge in [0.05, 0.1) is 0 Å². The van der Waals surface area contributed by atoms with E-state index in [9.17, 15) is 26.4 Å². The summed E-state index contributed by atoms with van der Waals surface area (Å²) in [7, 11) is -4.47. The first-order valence-corrected chi connectivity index (χ1v) is 5.81. The Kier molecular flexibility index (Phi) is 4.74. The van der Waals surface area contributed by atoms with Crippen LogP contribution in [-0.4, -0.2) is 48.3 Å². The smallest absolute Gasteiger partial charge is 0.402 e. The summed E-state index contributed by atoms with van der Waals surface area (Å²) in [6.45, 7) is -0.0719. The van der Waals surface area contributed by atoms with Gasteiger partial charge in [-0.15, -0.1) is 0 Å². The summed E-state index contributed by atoms with van der Waals surface area (Å²) in [5, 5.41) is 6.58. The molecular weight excluding hydrogens is 251 g/mol. The summed E-state index contributed by atoms with van der Waals surface area (Å²) < 4.78 is 59.1. The number of nitrogens with zero attached hydrogens (tertiary/aromatic N) is 1. The van der Waals surface area contributed by atoms with E-state index in [2.05, 4.69) is 0 Å². The average molecular weight is 263 g/mol. The normalized spacial score (nSPS) is 15.1. The van der Waals surface area contributed by atoms with Crippen molar-refractivity contribution >= 4 is 16.0 Å². The van der Waals surface area contributed by atoms with Crippen molar-refractivity contribution in [3.05, 3.63) is 0 Å². The number of carboxylic acid groups (broad SMARTS) is 1. The standard InChI is InChI=1S/C7H12F3NO4S/c1-3-11(4-7(8,9)10)16(14,15)5(2)6(12)13/h5H,3-4H2,1-2H3,(H,12,13). The maximum atomic E-state index is 12.0. The molecule has 0 aromatic rings. The van der Waals surface area contributed by atoms with E-state index >= 15 is 0 Å². The maximum Gasteiger partial charge on any atom is 0.402 e. The summed E-state index contributed by atoms with van der Waals surface area (Å²) in [5.74, 6) is -1.68. The molecule has 0 aliphatic rings. The quantitative estimate of drug-likeness (QED) is 0.791. The molecule has 1 N–H and O–H groups in total. The molecule has 0 bridgehead atoms. The Bertz CT molecular complexity index is 351. The fourth-order valence-corrected chi connectivity index (χ4v) is 2.32. The Morgan fingerprint density at radius 2 is 1.88 bits per heavy atom. The predicted molar refractivity (Wildman–Crippen MR) is 49.3 cm³/mol. The number of aliphatic carboxylic acids is 1. The number of hydrogen-bond donors (Lipinski definition) is 1. The van der Waals surface area contributed by atoms with E-state index in [1.54, 1.807) is 0 Å². The van der Waals surface area contributed by atoms with Crippen LogP contribution in [0.5, 0.6) is 0 Å². The van der Waals surface area contributed by atoms with Crippen LogP contribution in [0.25, 0.3) is 0 Å². The van der Waals surface area contributed by atoms with Crippen molar-refractivity contribution in [2.24, 2.45) is 0 Å². The molecule has 9 heteroatoms. The first kappa shape index (κ1) is 15.2. The lowest BCUT2D eigenvalue weighted by Crippen LogP contribution is -2.45. The van der Waals surface area contributed by atoms with Crippen LogP contribution in [0.15, 0.2) is 0 Å². The zero-order chi connectivity index (χ0) is 13.1. The largest absolute Gasteiger partial charge is 0.480 e. The van der Waals surface area contributed by atoms with Crippen LogP contribution >= 0.6 is 0 Å². The molecule has 16 heavy (non-hydrogen) atoms. The minimum absolute atomic E-state index is 0.103. The van der Waals surface area contributed by atoms with Crippen molar-refractivity contribution in [2.45, 2.75) is 25.3 Å². The van der Waals surface area contributed by atoms with Gasteiger partial charge in [0.1, 0.15) is 6.54 Å². The molecule has 96 valence electrons. The Balaban J connectivity index is 5.04. The minimum Gasteiger partial charge on any atom is -0.480 e. The van der Waals surface area contributed by atoms with Crippen molar-refractivity contribution in [3.63, 3.8) is 0 Å². The van der Waals surface area contributed by atoms with Gasteiger partial charge in [0.15, 0.2) is 5.25 Å². The van der Waals surface area contributed by atoms with Gasteiger partial charge in [-0.25, -0.2) is 8.42 Å². The van der Waals surface area contributed by atoms with Crippen LogP contribution in [0.3, 0.4) is 0 Å². The summed E-state index contributed by atoms with van der Waals surface area (Å²) in [5.41, 5.74) is 0. The van der Waals surface area contributed by atoms with Crippen LogP contribution in [0, 0.1) is 0 Å². The molecule has 5 nitrogen and oxygen atoms in total. The Morgan fingerprint density at radius 3 is 2.12 bits per heavy atom. The summed E-state index contributed by atoms with van der Waals surface area (Å²) in [6, 6.07) is 0. The van der Waals surface area contributed by atoms with Gasteiger partial charge in [-0.05, 0) is 6.92 Å². The average Bonchev–Trinajstić information content (AvgIpc) is 2.10. The molecule has 1 atom stereocenters. The van der Waals surface area contributed by atoms with E-state index < -0.39 is 40.5 Å². The molecule has 0 saturated heterocycles. The highest BCUT2D eigenvalue weighted by atomic mass is 32.2. The van der Waals surface area contributed by atoms with E-state index in [4.69, 9.17) is 5.11 Å². The molecule has 0 aliphatic carbocycles. The first-order valence-electron chi connectivity index (χ1n) is 4.31. The van der Waals surface area contributed by atoms with Gasteiger partial charge in [-0.2, -0.15) is 17.5 Å². The van der Waals surface area contributed by atoms with Crippen LogP contribution in [-0.2, 0) is 14.8 Å². The van der Waals surface area contributed by atoms with Crippen molar-refractivity contribution in [3.8, 4) is 0 Å². The first-order chi connectivity index (χ1) is 7.02. The van der Waals surface area contributed by atoms with Gasteiger partial charge in [0, 0.05) is 6.54 Å². The van der Waals surface area contributed by atoms with Gasteiger partial charge in [-0.1, -0.05) is 6.92 Å². The number of alkyl halides is 3. The van der Waals surface area contributed by atoms with E-state index in [0.29, 0.717) is 0 Å². The molecular formula is C7H12F3NO4S. The molecule has 0 aromatic heterocycles. The topological polar surface area (TPSA) is 74.7 Å². The Labute approximate surface area is 90.9 Å². The molecule has 0 amide bonds. The third kappa shape index (κ3) is 3.97. The maximum absolute atomic E-state index is 12.0. The zero-order valence-corrected chi connectivity index (χ0v) is 9.47. The van der Waals surface area contributed by atoms with E-state index in [1.807, 2.05) is 0 Å². The van der Waals surface area contributed by atoms with Crippen molar-refractivity contribution in [1.82, 2.24) is 4.31 Å². The number of carbonyl (C=O) groups is 1. The number of carboxylic acids is 1. The predicted octanol–water partition coefficient (Wildman–Crippen LogP) is 0.673. The van der Waals surface area contributed by atoms with E-state index in [0.717, 1.165) is 6.92 Å². The van der Waals surface area contributed by atoms with Gasteiger partial charge in [0.2, 0.25) is 10.0 Å². The molecule has 0 aromatic carbocycles. The zero-order valence-electron chi connectivity index (χ0n) is 8.65. The van der Waals surface area contributed by atoms with Crippen molar-refractivity contribution in [2.75, 3.05) is 13.1 Å². The summed E-state index contributed by atoms with van der Waals surface area (Å²) >= 11 is 0. The summed E-state index contributed by atoms with van der Waals surface area (Å²) in [6.07, 6.45) is -4.69. The molecule has 1 unspecified atom stereocenters. The third-order valence-corrected chi connectivity index (χ3v) is 4.07. The van der Waals surface area contributed by atoms with E-state index in [1.165, 1.54) is 6.92 Å². The lowest BCUT2D eigenvalue weighted by molar-refractivity contribution is -0.139. The molecule has 0 heterocycles. The van der Waals surface area contributed by atoms with Crippen LogP contribution in [0.1, 0.15) is 13.8 Å². The van der Waals surface area contributed by atoms with E-state index in [-0.39, 0.29) is 4.31 Å². The molecule has 0 aliphatic heterocycles. The minimum atomic E-state index is -4.69. The second-order valence-electron chi connectivity index (χ2n) is 3.07. The van der Waals surface area contributed by atoms with Crippen LogP contribution < -0.4 is 0 Å². The highest BCUT2D eigenvalue weighted by Gasteiger charge is 2.39. The number of sulfonamides is 1. The molecule has 0 fully saturated rings. The SMILES string of the molecule is CCN(CC(F)(F)F)S(=O)(=O)C(C)C(=O)O. The van der Waals surface area contributed by atoms with Crippen LogP contribution in [0.4, 0.5) is 13.2 Å². The molecule has 0 rings (SSSR count). The van der Waals surface area contributed by atoms with Gasteiger partial charge in [0.25, 0.3) is 0 Å². The number of rotatable bonds is 5. The van der Waals surface area contributed by atoms with Gasteiger partial charge < -0.3 is 5.11 Å².